The molecule has 0 amide bonds. The molecule has 2 rings (SSSR count). The predicted octanol–water partition coefficient (Wildman–Crippen LogP) is 1.81. The number of rotatable bonds is 8. The fourth-order valence-corrected chi connectivity index (χ4v) is 2.04. The number of aromatic nitrogens is 1. The summed E-state index contributed by atoms with van der Waals surface area (Å²) >= 11 is 0. The fourth-order valence-electron chi connectivity index (χ4n) is 2.04. The molecule has 1 aromatic rings. The molecule has 1 aromatic heterocycles. The Morgan fingerprint density at radius 3 is 3.06 bits per heavy atom. The van der Waals surface area contributed by atoms with Crippen LogP contribution in [0.5, 0.6) is 0 Å². The molecule has 4 heteroatoms. The van der Waals surface area contributed by atoms with Gasteiger partial charge in [0.1, 0.15) is 0 Å². The Labute approximate surface area is 109 Å². The number of ether oxygens (including phenoxy) is 1. The maximum absolute atomic E-state index is 5.09. The van der Waals surface area contributed by atoms with E-state index in [2.05, 4.69) is 28.3 Å². The van der Waals surface area contributed by atoms with Crippen LogP contribution in [-0.2, 0) is 11.3 Å². The minimum Gasteiger partial charge on any atom is -0.385 e. The summed E-state index contributed by atoms with van der Waals surface area (Å²) < 4.78 is 5.09. The average Bonchev–Trinajstić information content (AvgIpc) is 3.21. The topological polar surface area (TPSA) is 37.4 Å². The monoisotopic (exact) mass is 249 g/mol. The number of methoxy groups -OCH3 is 1. The Bertz CT molecular complexity index is 366. The molecule has 1 aliphatic carbocycles. The lowest BCUT2D eigenvalue weighted by Gasteiger charge is -2.22. The van der Waals surface area contributed by atoms with Crippen LogP contribution in [0.15, 0.2) is 18.5 Å². The second-order valence-electron chi connectivity index (χ2n) is 4.93. The molecule has 0 spiro atoms. The molecule has 0 radical (unpaired) electrons. The first-order valence-electron chi connectivity index (χ1n) is 6.67. The van der Waals surface area contributed by atoms with Gasteiger partial charge in [-0.05, 0) is 25.3 Å². The van der Waals surface area contributed by atoms with E-state index < -0.39 is 0 Å². The van der Waals surface area contributed by atoms with E-state index in [0.29, 0.717) is 0 Å². The first-order valence-corrected chi connectivity index (χ1v) is 6.67. The van der Waals surface area contributed by atoms with Gasteiger partial charge in [0.15, 0.2) is 0 Å². The highest BCUT2D eigenvalue weighted by Crippen LogP contribution is 2.22. The zero-order chi connectivity index (χ0) is 12.8. The highest BCUT2D eigenvalue weighted by molar-refractivity contribution is 5.51. The van der Waals surface area contributed by atoms with Crippen LogP contribution in [0.2, 0.25) is 0 Å². The van der Waals surface area contributed by atoms with Crippen molar-refractivity contribution < 1.29 is 4.74 Å². The zero-order valence-corrected chi connectivity index (χ0v) is 11.4. The summed E-state index contributed by atoms with van der Waals surface area (Å²) in [5, 5.41) is 3.54. The second-order valence-corrected chi connectivity index (χ2v) is 4.93. The summed E-state index contributed by atoms with van der Waals surface area (Å²) in [6, 6.07) is 2.83. The minimum absolute atomic E-state index is 0.733. The molecule has 1 N–H and O–H groups in total. The smallest absolute Gasteiger partial charge is 0.0479 e. The van der Waals surface area contributed by atoms with Crippen LogP contribution in [-0.4, -0.2) is 38.3 Å². The normalized spacial score (nSPS) is 14.8. The van der Waals surface area contributed by atoms with Gasteiger partial charge in [0.2, 0.25) is 0 Å². The maximum atomic E-state index is 5.09. The van der Waals surface area contributed by atoms with Crippen molar-refractivity contribution in [2.45, 2.75) is 31.8 Å². The summed E-state index contributed by atoms with van der Waals surface area (Å²) in [4.78, 5) is 6.51. The van der Waals surface area contributed by atoms with Gasteiger partial charge in [-0.15, -0.1) is 0 Å². The molecule has 0 unspecified atom stereocenters. The minimum atomic E-state index is 0.733. The van der Waals surface area contributed by atoms with Gasteiger partial charge in [-0.3, -0.25) is 4.98 Å². The first kappa shape index (κ1) is 13.3. The largest absolute Gasteiger partial charge is 0.385 e. The van der Waals surface area contributed by atoms with Gasteiger partial charge in [0.05, 0.1) is 0 Å². The summed E-state index contributed by atoms with van der Waals surface area (Å²) in [6.07, 6.45) is 7.52. The molecule has 1 saturated carbocycles. The summed E-state index contributed by atoms with van der Waals surface area (Å²) in [5.41, 5.74) is 2.55. The van der Waals surface area contributed by atoms with Crippen LogP contribution < -0.4 is 10.2 Å². The van der Waals surface area contributed by atoms with Gasteiger partial charge in [0, 0.05) is 63.5 Å². The molecule has 0 aromatic carbocycles. The first-order chi connectivity index (χ1) is 8.81. The highest BCUT2D eigenvalue weighted by Gasteiger charge is 2.20. The van der Waals surface area contributed by atoms with Crippen LogP contribution in [0, 0.1) is 0 Å². The summed E-state index contributed by atoms with van der Waals surface area (Å²) in [7, 11) is 3.88. The predicted molar refractivity (Wildman–Crippen MR) is 73.9 cm³/mol. The van der Waals surface area contributed by atoms with Crippen LogP contribution in [0.4, 0.5) is 5.69 Å². The van der Waals surface area contributed by atoms with Crippen LogP contribution in [0.3, 0.4) is 0 Å². The van der Waals surface area contributed by atoms with E-state index in [-0.39, 0.29) is 0 Å². The fraction of sp³-hybridized carbons (Fsp3) is 0.643. The van der Waals surface area contributed by atoms with Crippen molar-refractivity contribution >= 4 is 5.69 Å². The van der Waals surface area contributed by atoms with E-state index >= 15 is 0 Å². The molecule has 0 atom stereocenters. The standard InChI is InChI=1S/C14H23N3O/c1-17(8-3-9-18-2)14-6-7-15-10-12(14)11-16-13-4-5-13/h6-7,10,13,16H,3-5,8-9,11H2,1-2H3. The van der Waals surface area contributed by atoms with Gasteiger partial charge < -0.3 is 15.0 Å². The molecule has 1 aliphatic rings. The van der Waals surface area contributed by atoms with E-state index in [0.717, 1.165) is 32.2 Å². The molecule has 0 aliphatic heterocycles. The maximum Gasteiger partial charge on any atom is 0.0479 e. The van der Waals surface area contributed by atoms with Crippen LogP contribution in [0.1, 0.15) is 24.8 Å². The molecule has 0 saturated heterocycles. The molecule has 18 heavy (non-hydrogen) atoms. The Morgan fingerprint density at radius 1 is 1.50 bits per heavy atom. The lowest BCUT2D eigenvalue weighted by molar-refractivity contribution is 0.196. The number of hydrogen-bond acceptors (Lipinski definition) is 4. The van der Waals surface area contributed by atoms with Crippen molar-refractivity contribution in [1.29, 1.82) is 0 Å². The van der Waals surface area contributed by atoms with E-state index in [4.69, 9.17) is 4.74 Å². The number of anilines is 1. The third-order valence-electron chi connectivity index (χ3n) is 3.29. The number of nitrogens with one attached hydrogen (secondary N) is 1. The SMILES string of the molecule is COCCCN(C)c1ccncc1CNC1CC1. The number of nitrogens with zero attached hydrogens (tertiary/aromatic N) is 2. The Hall–Kier alpha value is -1.13. The van der Waals surface area contributed by atoms with Crippen molar-refractivity contribution in [3.8, 4) is 0 Å². The molecular weight excluding hydrogens is 226 g/mol. The number of pyridine rings is 1. The zero-order valence-electron chi connectivity index (χ0n) is 11.4. The lowest BCUT2D eigenvalue weighted by atomic mass is 10.2. The third-order valence-corrected chi connectivity index (χ3v) is 3.29. The Balaban J connectivity index is 1.91. The average molecular weight is 249 g/mol. The summed E-state index contributed by atoms with van der Waals surface area (Å²) in [6.45, 7) is 2.74. The molecule has 1 fully saturated rings. The molecule has 1 heterocycles. The van der Waals surface area contributed by atoms with Crippen LogP contribution >= 0.6 is 0 Å². The van der Waals surface area contributed by atoms with Crippen molar-refractivity contribution in [2.75, 3.05) is 32.2 Å². The van der Waals surface area contributed by atoms with E-state index in [1.807, 2.05) is 12.4 Å². The van der Waals surface area contributed by atoms with Crippen molar-refractivity contribution in [3.05, 3.63) is 24.0 Å². The molecular formula is C14H23N3O. The molecule has 4 nitrogen and oxygen atoms in total. The third kappa shape index (κ3) is 3.96. The quantitative estimate of drug-likeness (QED) is 0.713. The second kappa shape index (κ2) is 6.71. The molecule has 0 bridgehead atoms. The Kier molecular flexibility index (Phi) is 4.96. The van der Waals surface area contributed by atoms with E-state index in [1.165, 1.54) is 24.1 Å². The van der Waals surface area contributed by atoms with Crippen molar-refractivity contribution in [1.82, 2.24) is 10.3 Å². The van der Waals surface area contributed by atoms with Gasteiger partial charge in [-0.2, -0.15) is 0 Å². The van der Waals surface area contributed by atoms with Gasteiger partial charge in [-0.1, -0.05) is 0 Å². The van der Waals surface area contributed by atoms with Gasteiger partial charge in [-0.25, -0.2) is 0 Å². The van der Waals surface area contributed by atoms with Crippen molar-refractivity contribution in [3.63, 3.8) is 0 Å². The lowest BCUT2D eigenvalue weighted by Crippen LogP contribution is -2.23. The van der Waals surface area contributed by atoms with Gasteiger partial charge in [0.25, 0.3) is 0 Å². The Morgan fingerprint density at radius 2 is 2.33 bits per heavy atom. The van der Waals surface area contributed by atoms with Crippen molar-refractivity contribution in [2.24, 2.45) is 0 Å². The molecule has 100 valence electrons. The van der Waals surface area contributed by atoms with E-state index in [1.54, 1.807) is 7.11 Å². The summed E-state index contributed by atoms with van der Waals surface area (Å²) in [5.74, 6) is 0. The van der Waals surface area contributed by atoms with E-state index in [9.17, 15) is 0 Å². The van der Waals surface area contributed by atoms with Crippen LogP contribution in [0.25, 0.3) is 0 Å². The number of hydrogen-bond donors (Lipinski definition) is 1. The van der Waals surface area contributed by atoms with Gasteiger partial charge >= 0.3 is 0 Å². The highest BCUT2D eigenvalue weighted by atomic mass is 16.5.